The molecular formula is C14H12ClF3N4O. The van der Waals surface area contributed by atoms with Crippen molar-refractivity contribution in [1.29, 1.82) is 0 Å². The zero-order valence-electron chi connectivity index (χ0n) is 11.9. The molecule has 0 spiro atoms. The number of carbonyl (C=O) groups excluding carboxylic acids is 1. The minimum atomic E-state index is -4.59. The number of benzene rings is 1. The smallest absolute Gasteiger partial charge is 0.322 e. The number of hydrogen-bond donors (Lipinski definition) is 1. The van der Waals surface area contributed by atoms with Crippen LogP contribution in [0.5, 0.6) is 0 Å². The monoisotopic (exact) mass is 344 g/mol. The quantitative estimate of drug-likeness (QED) is 0.921. The molecule has 2 aromatic rings. The van der Waals surface area contributed by atoms with E-state index in [4.69, 9.17) is 11.6 Å². The zero-order chi connectivity index (χ0) is 17.0. The molecule has 5 nitrogen and oxygen atoms in total. The van der Waals surface area contributed by atoms with Crippen molar-refractivity contribution in [1.82, 2.24) is 14.9 Å². The lowest BCUT2D eigenvalue weighted by Crippen LogP contribution is -2.31. The fraction of sp³-hybridized carbons (Fsp3) is 0.214. The van der Waals surface area contributed by atoms with Gasteiger partial charge in [0.25, 0.3) is 0 Å². The number of rotatable bonds is 3. The lowest BCUT2D eigenvalue weighted by molar-refractivity contribution is -0.137. The van der Waals surface area contributed by atoms with E-state index in [9.17, 15) is 18.0 Å². The number of nitrogens with one attached hydrogen (secondary N) is 1. The number of carbonyl (C=O) groups is 1. The number of halogens is 4. The van der Waals surface area contributed by atoms with Gasteiger partial charge in [0.05, 0.1) is 29.0 Å². The van der Waals surface area contributed by atoms with E-state index in [1.54, 1.807) is 0 Å². The molecule has 0 aliphatic rings. The Kier molecular flexibility index (Phi) is 5.05. The van der Waals surface area contributed by atoms with Crippen molar-refractivity contribution < 1.29 is 18.0 Å². The fourth-order valence-electron chi connectivity index (χ4n) is 1.77. The molecule has 2 rings (SSSR count). The molecule has 9 heteroatoms. The van der Waals surface area contributed by atoms with Crippen LogP contribution in [-0.4, -0.2) is 27.9 Å². The number of aromatic nitrogens is 2. The van der Waals surface area contributed by atoms with Crippen LogP contribution in [0.3, 0.4) is 0 Å². The summed E-state index contributed by atoms with van der Waals surface area (Å²) in [5, 5.41) is 1.95. The summed E-state index contributed by atoms with van der Waals surface area (Å²) in [6.07, 6.45) is -0.122. The Morgan fingerprint density at radius 3 is 2.70 bits per heavy atom. The second kappa shape index (κ2) is 6.82. The summed E-state index contributed by atoms with van der Waals surface area (Å²) in [6.45, 7) is 0.166. The second-order valence-electron chi connectivity index (χ2n) is 4.68. The van der Waals surface area contributed by atoms with Gasteiger partial charge in [-0.2, -0.15) is 13.2 Å². The van der Waals surface area contributed by atoms with Gasteiger partial charge in [0.1, 0.15) is 0 Å². The average Bonchev–Trinajstić information content (AvgIpc) is 2.49. The molecule has 1 N–H and O–H groups in total. The molecule has 0 atom stereocenters. The standard InChI is InChI=1S/C14H12ClF3N4O/c1-22(8-10-7-19-4-5-20-10)13(23)21-9-2-3-12(15)11(6-9)14(16,17)18/h2-7H,8H2,1H3,(H,21,23). The van der Waals surface area contributed by atoms with Crippen molar-refractivity contribution in [3.8, 4) is 0 Å². The maximum Gasteiger partial charge on any atom is 0.417 e. The van der Waals surface area contributed by atoms with Gasteiger partial charge in [0.2, 0.25) is 0 Å². The first-order chi connectivity index (χ1) is 10.8. The molecule has 2 amide bonds. The highest BCUT2D eigenvalue weighted by Gasteiger charge is 2.33. The van der Waals surface area contributed by atoms with Gasteiger partial charge < -0.3 is 10.2 Å². The first-order valence-corrected chi connectivity index (χ1v) is 6.79. The predicted molar refractivity (Wildman–Crippen MR) is 79.0 cm³/mol. The molecule has 0 unspecified atom stereocenters. The number of urea groups is 1. The van der Waals surface area contributed by atoms with Crippen LogP contribution in [-0.2, 0) is 12.7 Å². The molecule has 23 heavy (non-hydrogen) atoms. The van der Waals surface area contributed by atoms with Crippen molar-refractivity contribution >= 4 is 23.3 Å². The Labute approximate surface area is 135 Å². The van der Waals surface area contributed by atoms with E-state index >= 15 is 0 Å². The molecule has 0 bridgehead atoms. The second-order valence-corrected chi connectivity index (χ2v) is 5.08. The number of hydrogen-bond acceptors (Lipinski definition) is 3. The summed E-state index contributed by atoms with van der Waals surface area (Å²) >= 11 is 5.53. The Morgan fingerprint density at radius 2 is 2.09 bits per heavy atom. The molecule has 0 saturated carbocycles. The van der Waals surface area contributed by atoms with Crippen molar-refractivity contribution in [3.63, 3.8) is 0 Å². The highest BCUT2D eigenvalue weighted by Crippen LogP contribution is 2.36. The van der Waals surface area contributed by atoms with Crippen LogP contribution < -0.4 is 5.32 Å². The van der Waals surface area contributed by atoms with Gasteiger partial charge in [-0.25, -0.2) is 4.79 Å². The number of amides is 2. The lowest BCUT2D eigenvalue weighted by atomic mass is 10.2. The average molecular weight is 345 g/mol. The van der Waals surface area contributed by atoms with Crippen LogP contribution in [0, 0.1) is 0 Å². The van der Waals surface area contributed by atoms with E-state index in [1.807, 2.05) is 0 Å². The van der Waals surface area contributed by atoms with Crippen molar-refractivity contribution in [2.45, 2.75) is 12.7 Å². The van der Waals surface area contributed by atoms with Crippen molar-refractivity contribution in [3.05, 3.63) is 53.1 Å². The summed E-state index contributed by atoms with van der Waals surface area (Å²) in [4.78, 5) is 21.2. The highest BCUT2D eigenvalue weighted by atomic mass is 35.5. The first-order valence-electron chi connectivity index (χ1n) is 6.41. The topological polar surface area (TPSA) is 58.1 Å². The molecule has 1 heterocycles. The van der Waals surface area contributed by atoms with Crippen molar-refractivity contribution in [2.24, 2.45) is 0 Å². The van der Waals surface area contributed by atoms with E-state index < -0.39 is 22.8 Å². The van der Waals surface area contributed by atoms with Crippen LogP contribution in [0.4, 0.5) is 23.7 Å². The summed E-state index contributed by atoms with van der Waals surface area (Å²) < 4.78 is 38.4. The van der Waals surface area contributed by atoms with Crippen LogP contribution in [0.1, 0.15) is 11.3 Å². The Balaban J connectivity index is 2.08. The van der Waals surface area contributed by atoms with Gasteiger partial charge in [-0.3, -0.25) is 9.97 Å². The van der Waals surface area contributed by atoms with Gasteiger partial charge in [0, 0.05) is 25.1 Å². The third kappa shape index (κ3) is 4.56. The maximum atomic E-state index is 12.8. The van der Waals surface area contributed by atoms with E-state index in [2.05, 4.69) is 15.3 Å². The Morgan fingerprint density at radius 1 is 1.35 bits per heavy atom. The summed E-state index contributed by atoms with van der Waals surface area (Å²) in [5.41, 5.74) is -0.455. The van der Waals surface area contributed by atoms with Gasteiger partial charge in [-0.1, -0.05) is 11.6 Å². The van der Waals surface area contributed by atoms with Crippen LogP contribution in [0.2, 0.25) is 5.02 Å². The van der Waals surface area contributed by atoms with Gasteiger partial charge >= 0.3 is 12.2 Å². The molecule has 0 saturated heterocycles. The molecule has 0 aliphatic carbocycles. The van der Waals surface area contributed by atoms with Gasteiger partial charge in [-0.05, 0) is 18.2 Å². The summed E-state index contributed by atoms with van der Waals surface area (Å²) in [7, 11) is 1.49. The molecule has 1 aromatic heterocycles. The molecule has 122 valence electrons. The van der Waals surface area contributed by atoms with Crippen LogP contribution in [0.15, 0.2) is 36.8 Å². The normalized spacial score (nSPS) is 11.2. The third-order valence-corrected chi connectivity index (χ3v) is 3.22. The summed E-state index contributed by atoms with van der Waals surface area (Å²) in [6, 6.07) is 2.59. The van der Waals surface area contributed by atoms with Gasteiger partial charge in [-0.15, -0.1) is 0 Å². The van der Waals surface area contributed by atoms with E-state index in [1.165, 1.54) is 36.6 Å². The van der Waals surface area contributed by atoms with Crippen LogP contribution >= 0.6 is 11.6 Å². The third-order valence-electron chi connectivity index (χ3n) is 2.89. The molecule has 0 fully saturated rings. The number of anilines is 1. The first kappa shape index (κ1) is 17.0. The van der Waals surface area contributed by atoms with Crippen LogP contribution in [0.25, 0.3) is 0 Å². The minimum Gasteiger partial charge on any atom is -0.322 e. The van der Waals surface area contributed by atoms with Gasteiger partial charge in [0.15, 0.2) is 0 Å². The Hall–Kier alpha value is -2.35. The SMILES string of the molecule is CN(Cc1cnccn1)C(=O)Nc1ccc(Cl)c(C(F)(F)F)c1. The lowest BCUT2D eigenvalue weighted by Gasteiger charge is -2.18. The largest absolute Gasteiger partial charge is 0.417 e. The molecule has 0 aliphatic heterocycles. The van der Waals surface area contributed by atoms with E-state index in [-0.39, 0.29) is 12.2 Å². The number of alkyl halides is 3. The predicted octanol–water partition coefficient (Wildman–Crippen LogP) is 3.81. The minimum absolute atomic E-state index is 0.00211. The molecular weight excluding hydrogens is 333 g/mol. The molecule has 1 aromatic carbocycles. The van der Waals surface area contributed by atoms with E-state index in [0.29, 0.717) is 5.69 Å². The summed E-state index contributed by atoms with van der Waals surface area (Å²) in [5.74, 6) is 0. The molecule has 0 radical (unpaired) electrons. The highest BCUT2D eigenvalue weighted by molar-refractivity contribution is 6.31. The Bertz CT molecular complexity index is 694. The maximum absolute atomic E-state index is 12.8. The number of nitrogens with zero attached hydrogens (tertiary/aromatic N) is 3. The fourth-order valence-corrected chi connectivity index (χ4v) is 1.99. The van der Waals surface area contributed by atoms with E-state index in [0.717, 1.165) is 12.1 Å². The van der Waals surface area contributed by atoms with Crippen molar-refractivity contribution in [2.75, 3.05) is 12.4 Å². The zero-order valence-corrected chi connectivity index (χ0v) is 12.7.